The Labute approximate surface area is 97.2 Å². The summed E-state index contributed by atoms with van der Waals surface area (Å²) in [6, 6.07) is 1.93. The van der Waals surface area contributed by atoms with Crippen LogP contribution in [0.25, 0.3) is 0 Å². The molecule has 4 heteroatoms. The fraction of sp³-hybridized carbons (Fsp3) is 0.833. The first kappa shape index (κ1) is 13.0. The quantitative estimate of drug-likeness (QED) is 0.667. The summed E-state index contributed by atoms with van der Waals surface area (Å²) in [5.74, 6) is -0.175. The van der Waals surface area contributed by atoms with Gasteiger partial charge in [-0.3, -0.25) is 9.69 Å². The van der Waals surface area contributed by atoms with Crippen molar-refractivity contribution in [3.8, 4) is 6.07 Å². The molecule has 1 rings (SSSR count). The van der Waals surface area contributed by atoms with Crippen molar-refractivity contribution in [2.45, 2.75) is 51.6 Å². The summed E-state index contributed by atoms with van der Waals surface area (Å²) >= 11 is 0. The van der Waals surface area contributed by atoms with E-state index in [2.05, 4.69) is 6.07 Å². The van der Waals surface area contributed by atoms with Crippen LogP contribution < -0.4 is 0 Å². The first-order chi connectivity index (χ1) is 7.74. The van der Waals surface area contributed by atoms with Gasteiger partial charge in [-0.1, -0.05) is 13.3 Å². The summed E-state index contributed by atoms with van der Waals surface area (Å²) in [4.78, 5) is 13.8. The standard InChI is InChI=1S/C12H20N2O2/c1-3-6-11(12(15)16-4-2)14-8-5-7-10(14)9-13/h10-11H,3-8H2,1-2H3. The number of rotatable bonds is 5. The molecule has 2 unspecified atom stereocenters. The molecule has 1 heterocycles. The Balaban J connectivity index is 2.68. The highest BCUT2D eigenvalue weighted by Gasteiger charge is 2.34. The SMILES string of the molecule is CCCC(C(=O)OCC)N1CCCC1C#N. The van der Waals surface area contributed by atoms with Gasteiger partial charge in [0, 0.05) is 6.54 Å². The third-order valence-electron chi connectivity index (χ3n) is 2.96. The van der Waals surface area contributed by atoms with Crippen molar-refractivity contribution in [1.82, 2.24) is 4.90 Å². The van der Waals surface area contributed by atoms with Gasteiger partial charge in [-0.15, -0.1) is 0 Å². The fourth-order valence-electron chi connectivity index (χ4n) is 2.23. The summed E-state index contributed by atoms with van der Waals surface area (Å²) < 4.78 is 5.07. The zero-order valence-electron chi connectivity index (χ0n) is 10.1. The Hall–Kier alpha value is -1.08. The van der Waals surface area contributed by atoms with E-state index in [9.17, 15) is 4.79 Å². The second-order valence-corrected chi connectivity index (χ2v) is 4.08. The molecule has 0 spiro atoms. The number of nitriles is 1. The molecule has 0 aliphatic carbocycles. The number of esters is 1. The van der Waals surface area contributed by atoms with Crippen LogP contribution in [0.15, 0.2) is 0 Å². The Morgan fingerprint density at radius 2 is 2.38 bits per heavy atom. The zero-order chi connectivity index (χ0) is 12.0. The van der Waals surface area contributed by atoms with E-state index in [0.29, 0.717) is 6.61 Å². The minimum absolute atomic E-state index is 0.110. The van der Waals surface area contributed by atoms with Crippen molar-refractivity contribution >= 4 is 5.97 Å². The van der Waals surface area contributed by atoms with Crippen LogP contribution in [-0.2, 0) is 9.53 Å². The van der Waals surface area contributed by atoms with Crippen LogP contribution >= 0.6 is 0 Å². The second kappa shape index (κ2) is 6.49. The lowest BCUT2D eigenvalue weighted by atomic mass is 10.1. The molecule has 1 saturated heterocycles. The van der Waals surface area contributed by atoms with E-state index in [0.717, 1.165) is 32.2 Å². The molecule has 1 fully saturated rings. The Morgan fingerprint density at radius 1 is 1.62 bits per heavy atom. The molecule has 0 amide bonds. The molecule has 0 aromatic carbocycles. The highest BCUT2D eigenvalue weighted by atomic mass is 16.5. The number of hydrogen-bond donors (Lipinski definition) is 0. The molecule has 0 aromatic heterocycles. The maximum Gasteiger partial charge on any atom is 0.323 e. The van der Waals surface area contributed by atoms with Crippen molar-refractivity contribution in [2.24, 2.45) is 0 Å². The maximum atomic E-state index is 11.8. The average molecular weight is 224 g/mol. The van der Waals surface area contributed by atoms with E-state index in [1.807, 2.05) is 18.7 Å². The first-order valence-corrected chi connectivity index (χ1v) is 6.06. The molecular formula is C12H20N2O2. The molecule has 16 heavy (non-hydrogen) atoms. The molecule has 2 atom stereocenters. The van der Waals surface area contributed by atoms with Gasteiger partial charge >= 0.3 is 5.97 Å². The van der Waals surface area contributed by atoms with Gasteiger partial charge in [-0.2, -0.15) is 5.26 Å². The van der Waals surface area contributed by atoms with Crippen LogP contribution in [0, 0.1) is 11.3 Å². The minimum atomic E-state index is -0.225. The van der Waals surface area contributed by atoms with Gasteiger partial charge in [0.15, 0.2) is 0 Å². The van der Waals surface area contributed by atoms with E-state index in [-0.39, 0.29) is 18.1 Å². The van der Waals surface area contributed by atoms with Crippen LogP contribution in [0.4, 0.5) is 0 Å². The summed E-state index contributed by atoms with van der Waals surface area (Å²) in [6.45, 7) is 5.10. The van der Waals surface area contributed by atoms with Gasteiger partial charge < -0.3 is 4.74 Å². The molecule has 0 radical (unpaired) electrons. The zero-order valence-corrected chi connectivity index (χ0v) is 10.1. The highest BCUT2D eigenvalue weighted by Crippen LogP contribution is 2.22. The number of hydrogen-bond acceptors (Lipinski definition) is 4. The van der Waals surface area contributed by atoms with E-state index in [1.165, 1.54) is 0 Å². The fourth-order valence-corrected chi connectivity index (χ4v) is 2.23. The molecule has 0 bridgehead atoms. The Kier molecular flexibility index (Phi) is 5.27. The Morgan fingerprint density at radius 3 is 2.94 bits per heavy atom. The third-order valence-corrected chi connectivity index (χ3v) is 2.96. The summed E-state index contributed by atoms with van der Waals surface area (Å²) in [6.07, 6.45) is 3.57. The number of carbonyl (C=O) groups excluding carboxylic acids is 1. The lowest BCUT2D eigenvalue weighted by Gasteiger charge is -2.27. The van der Waals surface area contributed by atoms with Gasteiger partial charge in [0.2, 0.25) is 0 Å². The maximum absolute atomic E-state index is 11.8. The third kappa shape index (κ3) is 2.96. The largest absolute Gasteiger partial charge is 0.465 e. The molecule has 0 N–H and O–H groups in total. The van der Waals surface area contributed by atoms with Gasteiger partial charge in [0.25, 0.3) is 0 Å². The normalized spacial score (nSPS) is 22.7. The van der Waals surface area contributed by atoms with Crippen molar-refractivity contribution < 1.29 is 9.53 Å². The van der Waals surface area contributed by atoms with Crippen molar-refractivity contribution in [3.63, 3.8) is 0 Å². The molecule has 1 aliphatic rings. The average Bonchev–Trinajstić information content (AvgIpc) is 2.73. The summed E-state index contributed by atoms with van der Waals surface area (Å²) in [5, 5.41) is 9.02. The van der Waals surface area contributed by atoms with E-state index in [1.54, 1.807) is 0 Å². The summed E-state index contributed by atoms with van der Waals surface area (Å²) in [5.41, 5.74) is 0. The molecule has 0 saturated carbocycles. The van der Waals surface area contributed by atoms with Crippen molar-refractivity contribution in [2.75, 3.05) is 13.2 Å². The number of nitrogens with zero attached hydrogens (tertiary/aromatic N) is 2. The predicted molar refractivity (Wildman–Crippen MR) is 60.7 cm³/mol. The monoisotopic (exact) mass is 224 g/mol. The number of likely N-dealkylation sites (tertiary alicyclic amines) is 1. The lowest BCUT2D eigenvalue weighted by molar-refractivity contribution is -0.149. The predicted octanol–water partition coefficient (Wildman–Crippen LogP) is 1.71. The molecule has 90 valence electrons. The van der Waals surface area contributed by atoms with E-state index >= 15 is 0 Å². The lowest BCUT2D eigenvalue weighted by Crippen LogP contribution is -2.44. The molecule has 4 nitrogen and oxygen atoms in total. The highest BCUT2D eigenvalue weighted by molar-refractivity contribution is 5.75. The number of carbonyl (C=O) groups is 1. The molecule has 0 aromatic rings. The summed E-state index contributed by atoms with van der Waals surface area (Å²) in [7, 11) is 0. The second-order valence-electron chi connectivity index (χ2n) is 4.08. The van der Waals surface area contributed by atoms with Crippen molar-refractivity contribution in [1.29, 1.82) is 5.26 Å². The van der Waals surface area contributed by atoms with Crippen LogP contribution in [0.5, 0.6) is 0 Å². The van der Waals surface area contributed by atoms with Gasteiger partial charge in [0.1, 0.15) is 6.04 Å². The van der Waals surface area contributed by atoms with E-state index in [4.69, 9.17) is 10.00 Å². The molecule has 1 aliphatic heterocycles. The first-order valence-electron chi connectivity index (χ1n) is 6.06. The molecular weight excluding hydrogens is 204 g/mol. The van der Waals surface area contributed by atoms with Gasteiger partial charge in [-0.25, -0.2) is 0 Å². The Bertz CT molecular complexity index is 273. The van der Waals surface area contributed by atoms with Crippen LogP contribution in [0.1, 0.15) is 39.5 Å². The number of ether oxygens (including phenoxy) is 1. The van der Waals surface area contributed by atoms with E-state index < -0.39 is 0 Å². The minimum Gasteiger partial charge on any atom is -0.465 e. The van der Waals surface area contributed by atoms with Crippen LogP contribution in [0.3, 0.4) is 0 Å². The smallest absolute Gasteiger partial charge is 0.323 e. The van der Waals surface area contributed by atoms with Gasteiger partial charge in [-0.05, 0) is 26.2 Å². The van der Waals surface area contributed by atoms with Crippen molar-refractivity contribution in [3.05, 3.63) is 0 Å². The van der Waals surface area contributed by atoms with Gasteiger partial charge in [0.05, 0.1) is 18.7 Å². The van der Waals surface area contributed by atoms with Crippen LogP contribution in [0.2, 0.25) is 0 Å². The topological polar surface area (TPSA) is 53.3 Å². The van der Waals surface area contributed by atoms with Crippen LogP contribution in [-0.4, -0.2) is 36.1 Å².